The number of fused-ring (bicyclic) bond motifs is 1. The number of aryl methyl sites for hydroxylation is 1. The molecule has 0 aromatic heterocycles. The molecule has 1 spiro atoms. The van der Waals surface area contributed by atoms with Crippen molar-refractivity contribution >= 4 is 5.91 Å². The lowest BCUT2D eigenvalue weighted by Gasteiger charge is -2.15. The number of rotatable bonds is 5. The minimum Gasteiger partial charge on any atom is -0.489 e. The first kappa shape index (κ1) is 17.0. The van der Waals surface area contributed by atoms with E-state index in [1.54, 1.807) is 6.07 Å². The van der Waals surface area contributed by atoms with Gasteiger partial charge in [-0.25, -0.2) is 0 Å². The van der Waals surface area contributed by atoms with Crippen molar-refractivity contribution in [1.29, 1.82) is 0 Å². The maximum absolute atomic E-state index is 12.6. The van der Waals surface area contributed by atoms with Crippen LogP contribution < -0.4 is 14.8 Å². The molecule has 2 aromatic carbocycles. The lowest BCUT2D eigenvalue weighted by Crippen LogP contribution is -2.32. The summed E-state index contributed by atoms with van der Waals surface area (Å²) in [6.07, 6.45) is 4.18. The van der Waals surface area contributed by atoms with E-state index in [9.17, 15) is 4.79 Å². The van der Waals surface area contributed by atoms with Gasteiger partial charge in [0.25, 0.3) is 5.91 Å². The average molecular weight is 351 g/mol. The van der Waals surface area contributed by atoms with Crippen LogP contribution in [-0.2, 0) is 6.42 Å². The highest BCUT2D eigenvalue weighted by molar-refractivity contribution is 5.95. The Kier molecular flexibility index (Phi) is 4.58. The van der Waals surface area contributed by atoms with Gasteiger partial charge in [0, 0.05) is 17.0 Å². The SMILES string of the molecule is C[C@@H](CCc1ccccc1)NC(=O)c1ccc2c(c1)OCC1(CC1)CO2. The van der Waals surface area contributed by atoms with Gasteiger partial charge in [0.2, 0.25) is 0 Å². The first-order chi connectivity index (χ1) is 12.6. The van der Waals surface area contributed by atoms with Crippen molar-refractivity contribution in [3.8, 4) is 11.5 Å². The molecule has 1 amide bonds. The maximum Gasteiger partial charge on any atom is 0.251 e. The minimum atomic E-state index is -0.0673. The number of ether oxygens (including phenoxy) is 2. The van der Waals surface area contributed by atoms with Crippen LogP contribution in [0.4, 0.5) is 0 Å². The van der Waals surface area contributed by atoms with Gasteiger partial charge in [-0.2, -0.15) is 0 Å². The summed E-state index contributed by atoms with van der Waals surface area (Å²) in [6.45, 7) is 3.43. The van der Waals surface area contributed by atoms with Gasteiger partial charge in [0.15, 0.2) is 11.5 Å². The molecule has 26 heavy (non-hydrogen) atoms. The van der Waals surface area contributed by atoms with Crippen LogP contribution in [0.3, 0.4) is 0 Å². The predicted octanol–water partition coefficient (Wildman–Crippen LogP) is 3.99. The van der Waals surface area contributed by atoms with Gasteiger partial charge in [0.1, 0.15) is 0 Å². The van der Waals surface area contributed by atoms with Gasteiger partial charge >= 0.3 is 0 Å². The summed E-state index contributed by atoms with van der Waals surface area (Å²) in [4.78, 5) is 12.6. The van der Waals surface area contributed by atoms with Crippen LogP contribution in [0.15, 0.2) is 48.5 Å². The van der Waals surface area contributed by atoms with Crippen LogP contribution in [0.5, 0.6) is 11.5 Å². The van der Waals surface area contributed by atoms with E-state index in [0.29, 0.717) is 24.5 Å². The van der Waals surface area contributed by atoms with Crippen molar-refractivity contribution in [1.82, 2.24) is 5.32 Å². The first-order valence-electron chi connectivity index (χ1n) is 9.38. The Balaban J connectivity index is 1.35. The van der Waals surface area contributed by atoms with Gasteiger partial charge in [-0.3, -0.25) is 4.79 Å². The van der Waals surface area contributed by atoms with Gasteiger partial charge in [-0.05, 0) is 56.4 Å². The second-order valence-corrected chi connectivity index (χ2v) is 7.64. The molecule has 0 saturated heterocycles. The summed E-state index contributed by atoms with van der Waals surface area (Å²) in [6, 6.07) is 15.9. The van der Waals surface area contributed by atoms with Crippen molar-refractivity contribution in [2.75, 3.05) is 13.2 Å². The average Bonchev–Trinajstić information content (AvgIpc) is 3.47. The van der Waals surface area contributed by atoms with E-state index in [4.69, 9.17) is 9.47 Å². The van der Waals surface area contributed by atoms with Crippen molar-refractivity contribution in [2.24, 2.45) is 5.41 Å². The van der Waals surface area contributed by atoms with Crippen molar-refractivity contribution < 1.29 is 14.3 Å². The van der Waals surface area contributed by atoms with Crippen LogP contribution in [0.1, 0.15) is 42.1 Å². The normalized spacial score (nSPS) is 18.0. The number of hydrogen-bond acceptors (Lipinski definition) is 3. The molecule has 1 saturated carbocycles. The number of carbonyl (C=O) groups excluding carboxylic acids is 1. The number of carbonyl (C=O) groups is 1. The monoisotopic (exact) mass is 351 g/mol. The molecule has 2 aliphatic rings. The summed E-state index contributed by atoms with van der Waals surface area (Å²) in [5.41, 5.74) is 2.11. The number of nitrogens with one attached hydrogen (secondary N) is 1. The Morgan fingerprint density at radius 3 is 2.54 bits per heavy atom. The van der Waals surface area contributed by atoms with Crippen LogP contribution in [0, 0.1) is 5.41 Å². The molecule has 4 rings (SSSR count). The molecule has 1 heterocycles. The fourth-order valence-corrected chi connectivity index (χ4v) is 3.26. The molecule has 2 aromatic rings. The molecule has 4 nitrogen and oxygen atoms in total. The fraction of sp³-hybridized carbons (Fsp3) is 0.409. The van der Waals surface area contributed by atoms with E-state index >= 15 is 0 Å². The quantitative estimate of drug-likeness (QED) is 0.886. The van der Waals surface area contributed by atoms with E-state index in [0.717, 1.165) is 31.4 Å². The molecular weight excluding hydrogens is 326 g/mol. The summed E-state index contributed by atoms with van der Waals surface area (Å²) in [7, 11) is 0. The van der Waals surface area contributed by atoms with E-state index in [1.165, 1.54) is 5.56 Å². The highest BCUT2D eigenvalue weighted by Crippen LogP contribution is 2.49. The molecule has 1 fully saturated rings. The second-order valence-electron chi connectivity index (χ2n) is 7.64. The molecule has 136 valence electrons. The third kappa shape index (κ3) is 3.85. The zero-order valence-corrected chi connectivity index (χ0v) is 15.2. The molecule has 0 unspecified atom stereocenters. The third-order valence-electron chi connectivity index (χ3n) is 5.32. The molecule has 1 atom stereocenters. The molecule has 0 radical (unpaired) electrons. The van der Waals surface area contributed by atoms with Crippen LogP contribution in [-0.4, -0.2) is 25.2 Å². The highest BCUT2D eigenvalue weighted by Gasteiger charge is 2.46. The van der Waals surface area contributed by atoms with E-state index < -0.39 is 0 Å². The van der Waals surface area contributed by atoms with Crippen LogP contribution >= 0.6 is 0 Å². The number of amides is 1. The summed E-state index contributed by atoms with van der Waals surface area (Å²) in [5.74, 6) is 1.35. The molecule has 1 N–H and O–H groups in total. The van der Waals surface area contributed by atoms with E-state index in [2.05, 4.69) is 17.4 Å². The standard InChI is InChI=1S/C22H25NO3/c1-16(7-8-17-5-3-2-4-6-17)23-21(24)18-9-10-19-20(13-18)26-15-22(11-12-22)14-25-19/h2-6,9-10,13,16H,7-8,11-12,14-15H2,1H3,(H,23,24)/t16-/m0/s1. The summed E-state index contributed by atoms with van der Waals surface area (Å²) in [5, 5.41) is 3.08. The largest absolute Gasteiger partial charge is 0.489 e. The topological polar surface area (TPSA) is 47.6 Å². The Hall–Kier alpha value is -2.49. The van der Waals surface area contributed by atoms with E-state index in [1.807, 2.05) is 37.3 Å². The van der Waals surface area contributed by atoms with Gasteiger partial charge in [-0.15, -0.1) is 0 Å². The zero-order valence-electron chi connectivity index (χ0n) is 15.2. The second kappa shape index (κ2) is 7.02. The van der Waals surface area contributed by atoms with Crippen LogP contribution in [0.2, 0.25) is 0 Å². The Labute approximate surface area is 154 Å². The lowest BCUT2D eigenvalue weighted by atomic mass is 10.1. The number of hydrogen-bond donors (Lipinski definition) is 1. The fourth-order valence-electron chi connectivity index (χ4n) is 3.26. The molecular formula is C22H25NO3. The van der Waals surface area contributed by atoms with Crippen molar-refractivity contribution in [3.63, 3.8) is 0 Å². The van der Waals surface area contributed by atoms with Crippen molar-refractivity contribution in [3.05, 3.63) is 59.7 Å². The Morgan fingerprint density at radius 2 is 1.81 bits per heavy atom. The number of benzene rings is 2. The summed E-state index contributed by atoms with van der Waals surface area (Å²) >= 11 is 0. The zero-order chi connectivity index (χ0) is 18.0. The Bertz CT molecular complexity index is 783. The van der Waals surface area contributed by atoms with Gasteiger partial charge < -0.3 is 14.8 Å². The Morgan fingerprint density at radius 1 is 1.08 bits per heavy atom. The summed E-state index contributed by atoms with van der Waals surface area (Å²) < 4.78 is 11.8. The molecule has 0 bridgehead atoms. The first-order valence-corrected chi connectivity index (χ1v) is 9.38. The smallest absolute Gasteiger partial charge is 0.251 e. The third-order valence-corrected chi connectivity index (χ3v) is 5.32. The maximum atomic E-state index is 12.6. The minimum absolute atomic E-state index is 0.0673. The van der Waals surface area contributed by atoms with Gasteiger partial charge in [-0.1, -0.05) is 30.3 Å². The lowest BCUT2D eigenvalue weighted by molar-refractivity contribution is 0.0938. The van der Waals surface area contributed by atoms with Crippen LogP contribution in [0.25, 0.3) is 0 Å². The van der Waals surface area contributed by atoms with E-state index in [-0.39, 0.29) is 17.4 Å². The van der Waals surface area contributed by atoms with Crippen molar-refractivity contribution in [2.45, 2.75) is 38.6 Å². The predicted molar refractivity (Wildman–Crippen MR) is 101 cm³/mol. The molecule has 1 aliphatic carbocycles. The van der Waals surface area contributed by atoms with Gasteiger partial charge in [0.05, 0.1) is 13.2 Å². The molecule has 4 heteroatoms. The highest BCUT2D eigenvalue weighted by atomic mass is 16.5. The molecule has 1 aliphatic heterocycles.